The molecule has 1 atom stereocenters. The number of aryl methyl sites for hydroxylation is 1. The summed E-state index contributed by atoms with van der Waals surface area (Å²) < 4.78 is 45.5. The van der Waals surface area contributed by atoms with Gasteiger partial charge in [-0.3, -0.25) is 4.79 Å². The van der Waals surface area contributed by atoms with Crippen LogP contribution in [0.2, 0.25) is 5.02 Å². The van der Waals surface area contributed by atoms with Crippen LogP contribution in [0.4, 0.5) is 13.2 Å². The van der Waals surface area contributed by atoms with Crippen LogP contribution in [0.5, 0.6) is 5.75 Å². The number of amides is 1. The lowest BCUT2D eigenvalue weighted by molar-refractivity contribution is -0.182. The van der Waals surface area contributed by atoms with Crippen molar-refractivity contribution < 1.29 is 22.7 Å². The van der Waals surface area contributed by atoms with Gasteiger partial charge in [0, 0.05) is 18.0 Å². The van der Waals surface area contributed by atoms with Crippen molar-refractivity contribution in [2.45, 2.75) is 32.1 Å². The number of rotatable bonds is 5. The van der Waals surface area contributed by atoms with E-state index in [4.69, 9.17) is 16.3 Å². The molecule has 1 aromatic heterocycles. The topological polar surface area (TPSA) is 69.0 Å². The molecule has 26 heavy (non-hydrogen) atoms. The van der Waals surface area contributed by atoms with Crippen molar-refractivity contribution in [2.24, 2.45) is 5.92 Å². The molecule has 0 bridgehead atoms. The fourth-order valence-corrected chi connectivity index (χ4v) is 2.82. The Morgan fingerprint density at radius 1 is 1.31 bits per heavy atom. The number of hydrogen-bond donors (Lipinski definition) is 1. The Bertz CT molecular complexity index is 777. The minimum Gasteiger partial charge on any atom is -0.484 e. The summed E-state index contributed by atoms with van der Waals surface area (Å²) in [6.45, 7) is -0.466. The van der Waals surface area contributed by atoms with Gasteiger partial charge in [0.05, 0.1) is 12.5 Å². The van der Waals surface area contributed by atoms with Crippen LogP contribution < -0.4 is 10.1 Å². The first-order valence-corrected chi connectivity index (χ1v) is 8.33. The van der Waals surface area contributed by atoms with Crippen LogP contribution in [-0.4, -0.2) is 33.5 Å². The van der Waals surface area contributed by atoms with Gasteiger partial charge in [0.15, 0.2) is 12.4 Å². The van der Waals surface area contributed by atoms with Gasteiger partial charge in [-0.05, 0) is 30.7 Å². The van der Waals surface area contributed by atoms with Crippen LogP contribution in [0.25, 0.3) is 0 Å². The third kappa shape index (κ3) is 4.46. The van der Waals surface area contributed by atoms with E-state index >= 15 is 0 Å². The van der Waals surface area contributed by atoms with Crippen molar-refractivity contribution in [3.8, 4) is 5.75 Å². The molecule has 0 aliphatic carbocycles. The number of nitrogens with one attached hydrogen (secondary N) is 1. The number of fused-ring (bicyclic) bond motifs is 1. The number of alkyl halides is 3. The fraction of sp³-hybridized carbons (Fsp3) is 0.438. The molecule has 1 N–H and O–H groups in total. The van der Waals surface area contributed by atoms with Gasteiger partial charge < -0.3 is 14.6 Å². The predicted octanol–water partition coefficient (Wildman–Crippen LogP) is 2.75. The number of benzene rings is 1. The van der Waals surface area contributed by atoms with E-state index in [1.807, 2.05) is 0 Å². The molecule has 3 rings (SSSR count). The minimum atomic E-state index is -4.26. The Morgan fingerprint density at radius 3 is 2.73 bits per heavy atom. The quantitative estimate of drug-likeness (QED) is 0.855. The highest BCUT2D eigenvalue weighted by molar-refractivity contribution is 6.30. The SMILES string of the molecule is O=C(COc1ccc(Cl)cc1)NCc1nnc2n1C[C@@H](C(F)(F)F)CC2. The monoisotopic (exact) mass is 388 g/mol. The van der Waals surface area contributed by atoms with Crippen LogP contribution >= 0.6 is 11.6 Å². The van der Waals surface area contributed by atoms with Gasteiger partial charge in [0.25, 0.3) is 5.91 Å². The summed E-state index contributed by atoms with van der Waals surface area (Å²) >= 11 is 5.76. The maximum Gasteiger partial charge on any atom is 0.393 e. The van der Waals surface area contributed by atoms with E-state index < -0.39 is 18.0 Å². The summed E-state index contributed by atoms with van der Waals surface area (Å²) in [4.78, 5) is 11.9. The molecule has 1 aromatic carbocycles. The number of carbonyl (C=O) groups excluding carboxylic acids is 1. The van der Waals surface area contributed by atoms with Crippen LogP contribution in [0, 0.1) is 5.92 Å². The third-order valence-electron chi connectivity index (χ3n) is 4.11. The Kier molecular flexibility index (Phi) is 5.36. The summed E-state index contributed by atoms with van der Waals surface area (Å²) in [7, 11) is 0. The number of aromatic nitrogens is 3. The molecule has 6 nitrogen and oxygen atoms in total. The van der Waals surface area contributed by atoms with Crippen molar-refractivity contribution in [3.05, 3.63) is 40.9 Å². The average molecular weight is 389 g/mol. The Morgan fingerprint density at radius 2 is 2.04 bits per heavy atom. The summed E-state index contributed by atoms with van der Waals surface area (Å²) in [5.41, 5.74) is 0. The first-order valence-electron chi connectivity index (χ1n) is 7.95. The fourth-order valence-electron chi connectivity index (χ4n) is 2.69. The van der Waals surface area contributed by atoms with E-state index in [2.05, 4.69) is 15.5 Å². The second-order valence-corrected chi connectivity index (χ2v) is 6.38. The van der Waals surface area contributed by atoms with E-state index in [-0.39, 0.29) is 32.5 Å². The van der Waals surface area contributed by atoms with E-state index in [1.54, 1.807) is 24.3 Å². The second-order valence-electron chi connectivity index (χ2n) is 5.94. The van der Waals surface area contributed by atoms with Gasteiger partial charge in [-0.2, -0.15) is 13.2 Å². The zero-order valence-corrected chi connectivity index (χ0v) is 14.3. The molecule has 1 aliphatic rings. The third-order valence-corrected chi connectivity index (χ3v) is 4.37. The summed E-state index contributed by atoms with van der Waals surface area (Å²) in [6, 6.07) is 6.52. The Hall–Kier alpha value is -2.29. The Labute approximate surface area is 152 Å². The molecule has 0 saturated heterocycles. The molecule has 0 fully saturated rings. The smallest absolute Gasteiger partial charge is 0.393 e. The standard InChI is InChI=1S/C16H16ClF3N4O2/c17-11-2-4-12(5-3-11)26-9-15(25)21-7-14-23-22-13-6-1-10(8-24(13)14)16(18,19)20/h2-5,10H,1,6-9H2,(H,21,25)/t10-/m0/s1. The first kappa shape index (κ1) is 18.5. The summed E-state index contributed by atoms with van der Waals surface area (Å²) in [6.07, 6.45) is -4.04. The van der Waals surface area contributed by atoms with Gasteiger partial charge in [0.2, 0.25) is 0 Å². The molecule has 0 radical (unpaired) electrons. The second kappa shape index (κ2) is 7.53. The number of halogens is 4. The lowest BCUT2D eigenvalue weighted by Crippen LogP contribution is -2.34. The van der Waals surface area contributed by atoms with E-state index in [0.29, 0.717) is 22.4 Å². The van der Waals surface area contributed by atoms with Crippen molar-refractivity contribution in [1.82, 2.24) is 20.1 Å². The van der Waals surface area contributed by atoms with Gasteiger partial charge in [-0.1, -0.05) is 11.6 Å². The van der Waals surface area contributed by atoms with E-state index in [0.717, 1.165) is 0 Å². The number of hydrogen-bond acceptors (Lipinski definition) is 4. The molecule has 0 unspecified atom stereocenters. The molecule has 0 spiro atoms. The van der Waals surface area contributed by atoms with Gasteiger partial charge in [0.1, 0.15) is 11.6 Å². The van der Waals surface area contributed by atoms with Crippen molar-refractivity contribution >= 4 is 17.5 Å². The highest BCUT2D eigenvalue weighted by Crippen LogP contribution is 2.34. The van der Waals surface area contributed by atoms with E-state index in [9.17, 15) is 18.0 Å². The zero-order chi connectivity index (χ0) is 18.7. The molecule has 1 amide bonds. The first-order chi connectivity index (χ1) is 12.3. The summed E-state index contributed by atoms with van der Waals surface area (Å²) in [5.74, 6) is -0.549. The largest absolute Gasteiger partial charge is 0.484 e. The number of carbonyl (C=O) groups is 1. The molecule has 2 heterocycles. The minimum absolute atomic E-state index is 0.00290. The molecule has 1 aliphatic heterocycles. The van der Waals surface area contributed by atoms with Gasteiger partial charge in [-0.25, -0.2) is 0 Å². The van der Waals surface area contributed by atoms with Gasteiger partial charge in [-0.15, -0.1) is 10.2 Å². The molecular weight excluding hydrogens is 373 g/mol. The van der Waals surface area contributed by atoms with Crippen LogP contribution in [0.15, 0.2) is 24.3 Å². The van der Waals surface area contributed by atoms with Crippen molar-refractivity contribution in [3.63, 3.8) is 0 Å². The Balaban J connectivity index is 1.53. The number of ether oxygens (including phenoxy) is 1. The lowest BCUT2D eigenvalue weighted by atomic mass is 9.99. The van der Waals surface area contributed by atoms with E-state index in [1.165, 1.54) is 4.57 Å². The summed E-state index contributed by atoms with van der Waals surface area (Å²) in [5, 5.41) is 10.9. The average Bonchev–Trinajstić information content (AvgIpc) is 3.01. The predicted molar refractivity (Wildman–Crippen MR) is 86.7 cm³/mol. The molecule has 0 saturated carbocycles. The maximum absolute atomic E-state index is 12.9. The van der Waals surface area contributed by atoms with Crippen molar-refractivity contribution in [1.29, 1.82) is 0 Å². The number of nitrogens with zero attached hydrogens (tertiary/aromatic N) is 3. The molecular formula is C16H16ClF3N4O2. The normalized spacial score (nSPS) is 16.8. The van der Waals surface area contributed by atoms with Crippen molar-refractivity contribution in [2.75, 3.05) is 6.61 Å². The zero-order valence-electron chi connectivity index (χ0n) is 13.6. The molecule has 10 heteroatoms. The molecule has 2 aromatic rings. The van der Waals surface area contributed by atoms with Crippen LogP contribution in [0.3, 0.4) is 0 Å². The van der Waals surface area contributed by atoms with Crippen LogP contribution in [0.1, 0.15) is 18.1 Å². The van der Waals surface area contributed by atoms with Gasteiger partial charge >= 0.3 is 6.18 Å². The van der Waals surface area contributed by atoms with Crippen LogP contribution in [-0.2, 0) is 24.3 Å². The lowest BCUT2D eigenvalue weighted by Gasteiger charge is -2.26. The highest BCUT2D eigenvalue weighted by Gasteiger charge is 2.42. The molecule has 140 valence electrons. The highest BCUT2D eigenvalue weighted by atomic mass is 35.5. The maximum atomic E-state index is 12.9.